The van der Waals surface area contributed by atoms with Crippen molar-refractivity contribution in [1.29, 1.82) is 0 Å². The molecule has 7 nitrogen and oxygen atoms in total. The predicted octanol–water partition coefficient (Wildman–Crippen LogP) is 3.41. The largest absolute Gasteiger partial charge is 0.459 e. The number of aromatic nitrogens is 2. The van der Waals surface area contributed by atoms with Gasteiger partial charge in [-0.25, -0.2) is 4.98 Å². The van der Waals surface area contributed by atoms with Gasteiger partial charge in [-0.2, -0.15) is 0 Å². The summed E-state index contributed by atoms with van der Waals surface area (Å²) >= 11 is 1.57. The smallest absolute Gasteiger partial charge is 0.287 e. The maximum atomic E-state index is 12.3. The van der Waals surface area contributed by atoms with E-state index in [0.29, 0.717) is 5.69 Å². The van der Waals surface area contributed by atoms with E-state index < -0.39 is 11.9 Å². The molecule has 0 saturated carbocycles. The normalized spacial score (nSPS) is 12.0. The highest BCUT2D eigenvalue weighted by molar-refractivity contribution is 7.15. The average Bonchev–Trinajstić information content (AvgIpc) is 3.39. The lowest BCUT2D eigenvalue weighted by molar-refractivity contribution is -0.117. The van der Waals surface area contributed by atoms with Crippen molar-refractivity contribution in [1.82, 2.24) is 14.7 Å². The standard InChI is InChI=1S/C19H16N4O3S/c1-12(20-18(25)16-3-2-9-26-16)17(24)21-14-6-4-13(5-7-14)15-11-23-8-10-27-19(23)22-15/h2-12H,1H3,(H,20,25)(H,21,24)/t12-/m1/s1. The molecular formula is C19H16N4O3S. The van der Waals surface area contributed by atoms with Crippen LogP contribution in [0.4, 0.5) is 5.69 Å². The Bertz CT molecular complexity index is 1050. The Hall–Kier alpha value is -3.39. The fraction of sp³-hybridized carbons (Fsp3) is 0.105. The molecule has 2 N–H and O–H groups in total. The van der Waals surface area contributed by atoms with Gasteiger partial charge in [-0.15, -0.1) is 11.3 Å². The summed E-state index contributed by atoms with van der Waals surface area (Å²) in [5, 5.41) is 7.36. The first-order valence-corrected chi connectivity index (χ1v) is 9.16. The summed E-state index contributed by atoms with van der Waals surface area (Å²) in [6, 6.07) is 9.86. The molecule has 0 fully saturated rings. The first kappa shape index (κ1) is 17.0. The molecule has 27 heavy (non-hydrogen) atoms. The number of nitrogens with one attached hydrogen (secondary N) is 2. The van der Waals surface area contributed by atoms with Gasteiger partial charge in [-0.05, 0) is 31.2 Å². The van der Waals surface area contributed by atoms with Gasteiger partial charge < -0.3 is 15.1 Å². The number of thiazole rings is 1. The van der Waals surface area contributed by atoms with Gasteiger partial charge in [0.05, 0.1) is 12.0 Å². The summed E-state index contributed by atoms with van der Waals surface area (Å²) in [6.07, 6.45) is 5.33. The van der Waals surface area contributed by atoms with Crippen molar-refractivity contribution in [3.05, 3.63) is 66.2 Å². The second-order valence-electron chi connectivity index (χ2n) is 5.96. The highest BCUT2D eigenvalue weighted by Gasteiger charge is 2.18. The number of amides is 2. The molecule has 0 unspecified atom stereocenters. The monoisotopic (exact) mass is 380 g/mol. The topological polar surface area (TPSA) is 88.6 Å². The lowest BCUT2D eigenvalue weighted by Crippen LogP contribution is -2.41. The molecule has 4 aromatic rings. The molecule has 8 heteroatoms. The molecule has 3 aromatic heterocycles. The van der Waals surface area contributed by atoms with Crippen LogP contribution < -0.4 is 10.6 Å². The zero-order valence-corrected chi connectivity index (χ0v) is 15.2. The maximum Gasteiger partial charge on any atom is 0.287 e. The van der Waals surface area contributed by atoms with E-state index in [0.717, 1.165) is 16.2 Å². The lowest BCUT2D eigenvalue weighted by Gasteiger charge is -2.13. The number of carbonyl (C=O) groups excluding carboxylic acids is 2. The minimum atomic E-state index is -0.706. The first-order chi connectivity index (χ1) is 13.1. The minimum absolute atomic E-state index is 0.166. The fourth-order valence-corrected chi connectivity index (χ4v) is 3.28. The number of benzene rings is 1. The van der Waals surface area contributed by atoms with E-state index in [2.05, 4.69) is 15.6 Å². The van der Waals surface area contributed by atoms with Gasteiger partial charge in [-0.3, -0.25) is 14.0 Å². The van der Waals surface area contributed by atoms with Crippen LogP contribution in [0.15, 0.2) is 64.9 Å². The molecule has 136 valence electrons. The van der Waals surface area contributed by atoms with Crippen LogP contribution in [-0.2, 0) is 4.79 Å². The molecule has 4 rings (SSSR count). The SMILES string of the molecule is C[C@@H](NC(=O)c1ccco1)C(=O)Nc1ccc(-c2cn3ccsc3n2)cc1. The van der Waals surface area contributed by atoms with Crippen LogP contribution in [0.2, 0.25) is 0 Å². The third-order valence-corrected chi connectivity index (χ3v) is 4.80. The highest BCUT2D eigenvalue weighted by atomic mass is 32.1. The second kappa shape index (κ2) is 7.08. The molecule has 3 heterocycles. The summed E-state index contributed by atoms with van der Waals surface area (Å²) in [5.74, 6) is -0.582. The van der Waals surface area contributed by atoms with Crippen molar-refractivity contribution < 1.29 is 14.0 Å². The van der Waals surface area contributed by atoms with Crippen LogP contribution in [0.1, 0.15) is 17.5 Å². The van der Waals surface area contributed by atoms with Crippen LogP contribution in [-0.4, -0.2) is 27.2 Å². The molecule has 0 radical (unpaired) electrons. The van der Waals surface area contributed by atoms with Gasteiger partial charge in [0.25, 0.3) is 5.91 Å². The van der Waals surface area contributed by atoms with E-state index in [-0.39, 0.29) is 11.7 Å². The summed E-state index contributed by atoms with van der Waals surface area (Å²) < 4.78 is 6.99. The van der Waals surface area contributed by atoms with E-state index in [1.54, 1.807) is 30.4 Å². The molecule has 1 aromatic carbocycles. The van der Waals surface area contributed by atoms with E-state index in [1.807, 2.05) is 46.4 Å². The van der Waals surface area contributed by atoms with E-state index in [4.69, 9.17) is 4.42 Å². The number of hydrogen-bond donors (Lipinski definition) is 2. The molecule has 0 aliphatic heterocycles. The number of imidazole rings is 1. The van der Waals surface area contributed by atoms with Crippen molar-refractivity contribution >= 4 is 33.8 Å². The van der Waals surface area contributed by atoms with Gasteiger partial charge in [-0.1, -0.05) is 12.1 Å². The van der Waals surface area contributed by atoms with Crippen molar-refractivity contribution in [2.24, 2.45) is 0 Å². The van der Waals surface area contributed by atoms with Gasteiger partial charge in [0, 0.05) is 29.0 Å². The number of nitrogens with zero attached hydrogens (tertiary/aromatic N) is 2. The lowest BCUT2D eigenvalue weighted by atomic mass is 10.1. The van der Waals surface area contributed by atoms with Gasteiger partial charge >= 0.3 is 0 Å². The van der Waals surface area contributed by atoms with Crippen LogP contribution in [0.25, 0.3) is 16.2 Å². The highest BCUT2D eigenvalue weighted by Crippen LogP contribution is 2.23. The zero-order chi connectivity index (χ0) is 18.8. The first-order valence-electron chi connectivity index (χ1n) is 8.28. The predicted molar refractivity (Wildman–Crippen MR) is 103 cm³/mol. The van der Waals surface area contributed by atoms with Crippen LogP contribution in [0.5, 0.6) is 0 Å². The molecular weight excluding hydrogens is 364 g/mol. The Kier molecular flexibility index (Phi) is 4.47. The average molecular weight is 380 g/mol. The van der Waals surface area contributed by atoms with Crippen LogP contribution in [0, 0.1) is 0 Å². The summed E-state index contributed by atoms with van der Waals surface area (Å²) in [7, 11) is 0. The number of carbonyl (C=O) groups is 2. The van der Waals surface area contributed by atoms with E-state index in [1.165, 1.54) is 6.26 Å². The van der Waals surface area contributed by atoms with Crippen LogP contribution in [0.3, 0.4) is 0 Å². The molecule has 0 saturated heterocycles. The molecule has 0 aliphatic rings. The molecule has 0 spiro atoms. The van der Waals surface area contributed by atoms with E-state index >= 15 is 0 Å². The minimum Gasteiger partial charge on any atom is -0.459 e. The third-order valence-electron chi connectivity index (χ3n) is 4.03. The number of hydrogen-bond acceptors (Lipinski definition) is 5. The van der Waals surface area contributed by atoms with Crippen molar-refractivity contribution in [3.8, 4) is 11.3 Å². The summed E-state index contributed by atoms with van der Waals surface area (Å²) in [5.41, 5.74) is 2.48. The maximum absolute atomic E-state index is 12.3. The fourth-order valence-electron chi connectivity index (χ4n) is 2.58. The van der Waals surface area contributed by atoms with Gasteiger partial charge in [0.1, 0.15) is 6.04 Å². The molecule has 2 amide bonds. The Morgan fingerprint density at radius 3 is 2.74 bits per heavy atom. The van der Waals surface area contributed by atoms with Crippen molar-refractivity contribution in [2.45, 2.75) is 13.0 Å². The molecule has 0 bridgehead atoms. The quantitative estimate of drug-likeness (QED) is 0.555. The Morgan fingerprint density at radius 1 is 1.22 bits per heavy atom. The Balaban J connectivity index is 1.39. The Labute approximate surface area is 158 Å². The van der Waals surface area contributed by atoms with Crippen LogP contribution >= 0.6 is 11.3 Å². The number of furan rings is 1. The molecule has 1 atom stereocenters. The van der Waals surface area contributed by atoms with Crippen molar-refractivity contribution in [2.75, 3.05) is 5.32 Å². The van der Waals surface area contributed by atoms with Gasteiger partial charge in [0.15, 0.2) is 10.7 Å². The number of anilines is 1. The number of rotatable bonds is 5. The van der Waals surface area contributed by atoms with Gasteiger partial charge in [0.2, 0.25) is 5.91 Å². The summed E-state index contributed by atoms with van der Waals surface area (Å²) in [6.45, 7) is 1.61. The Morgan fingerprint density at radius 2 is 2.04 bits per heavy atom. The second-order valence-corrected chi connectivity index (χ2v) is 6.83. The number of fused-ring (bicyclic) bond motifs is 1. The van der Waals surface area contributed by atoms with E-state index in [9.17, 15) is 9.59 Å². The summed E-state index contributed by atoms with van der Waals surface area (Å²) in [4.78, 5) is 29.7. The third kappa shape index (κ3) is 3.61. The zero-order valence-electron chi connectivity index (χ0n) is 14.4. The van der Waals surface area contributed by atoms with Crippen molar-refractivity contribution in [3.63, 3.8) is 0 Å². The molecule has 0 aliphatic carbocycles.